The van der Waals surface area contributed by atoms with Crippen molar-refractivity contribution in [1.82, 2.24) is 5.32 Å². The monoisotopic (exact) mass is 295 g/mol. The van der Waals surface area contributed by atoms with Crippen LogP contribution in [0.25, 0.3) is 0 Å². The quantitative estimate of drug-likeness (QED) is 0.844. The Morgan fingerprint density at radius 2 is 1.55 bits per heavy atom. The zero-order valence-electron chi connectivity index (χ0n) is 12.9. The Bertz CT molecular complexity index is 608. The Morgan fingerprint density at radius 3 is 2.09 bits per heavy atom. The summed E-state index contributed by atoms with van der Waals surface area (Å²) in [5, 5.41) is 5.29. The highest BCUT2D eigenvalue weighted by Gasteiger charge is 2.31. The number of hydrogen-bond donors (Lipinski definition) is 2. The summed E-state index contributed by atoms with van der Waals surface area (Å²) in [6.45, 7) is 2.15. The lowest BCUT2D eigenvalue weighted by Crippen LogP contribution is -2.88. The van der Waals surface area contributed by atoms with E-state index in [0.29, 0.717) is 6.04 Å². The molecule has 0 radical (unpaired) electrons. The molecule has 1 aliphatic carbocycles. The molecule has 0 bridgehead atoms. The number of carbonyl (C=O) groups is 1. The van der Waals surface area contributed by atoms with Crippen molar-refractivity contribution in [3.8, 4) is 0 Å². The van der Waals surface area contributed by atoms with Crippen LogP contribution in [0.1, 0.15) is 43.0 Å². The number of hydrogen-bond acceptors (Lipinski definition) is 1. The SMILES string of the molecule is C[C@H]([NH2+][C@H](C(=O)NC1CC1)c1ccccc1)c1ccccc1. The first-order chi connectivity index (χ1) is 10.7. The van der Waals surface area contributed by atoms with E-state index < -0.39 is 0 Å². The van der Waals surface area contributed by atoms with E-state index in [2.05, 4.69) is 29.7 Å². The van der Waals surface area contributed by atoms with Crippen molar-refractivity contribution >= 4 is 5.91 Å². The number of carbonyl (C=O) groups excluding carboxylic acids is 1. The first-order valence-corrected chi connectivity index (χ1v) is 7.99. The molecule has 2 atom stereocenters. The Labute approximate surface area is 131 Å². The predicted molar refractivity (Wildman–Crippen MR) is 87.1 cm³/mol. The van der Waals surface area contributed by atoms with Gasteiger partial charge in [-0.25, -0.2) is 0 Å². The van der Waals surface area contributed by atoms with Crippen LogP contribution >= 0.6 is 0 Å². The van der Waals surface area contributed by atoms with Crippen molar-refractivity contribution in [2.24, 2.45) is 0 Å². The number of nitrogens with one attached hydrogen (secondary N) is 1. The fourth-order valence-corrected chi connectivity index (χ4v) is 2.69. The molecule has 1 fully saturated rings. The van der Waals surface area contributed by atoms with Crippen LogP contribution in [-0.4, -0.2) is 11.9 Å². The highest BCUT2D eigenvalue weighted by Crippen LogP contribution is 2.20. The van der Waals surface area contributed by atoms with Crippen LogP contribution < -0.4 is 10.6 Å². The summed E-state index contributed by atoms with van der Waals surface area (Å²) in [7, 11) is 0. The van der Waals surface area contributed by atoms with Crippen molar-refractivity contribution in [1.29, 1.82) is 0 Å². The lowest BCUT2D eigenvalue weighted by molar-refractivity contribution is -0.719. The van der Waals surface area contributed by atoms with Crippen LogP contribution in [-0.2, 0) is 4.79 Å². The molecule has 3 N–H and O–H groups in total. The molecule has 0 spiro atoms. The van der Waals surface area contributed by atoms with Gasteiger partial charge < -0.3 is 10.6 Å². The summed E-state index contributed by atoms with van der Waals surface area (Å²) in [5.74, 6) is 0.122. The highest BCUT2D eigenvalue weighted by atomic mass is 16.2. The van der Waals surface area contributed by atoms with Gasteiger partial charge in [0.15, 0.2) is 6.04 Å². The summed E-state index contributed by atoms with van der Waals surface area (Å²) >= 11 is 0. The summed E-state index contributed by atoms with van der Waals surface area (Å²) in [5.41, 5.74) is 2.30. The molecule has 3 heteroatoms. The third-order valence-electron chi connectivity index (χ3n) is 4.17. The van der Waals surface area contributed by atoms with E-state index in [4.69, 9.17) is 0 Å². The standard InChI is InChI=1S/C19H22N2O/c1-14(15-8-4-2-5-9-15)20-18(16-10-6-3-7-11-16)19(22)21-17-12-13-17/h2-11,14,17-18,20H,12-13H2,1H3,(H,21,22)/p+1/t14-,18-/m0/s1. The molecule has 0 heterocycles. The molecule has 2 aromatic rings. The third-order valence-corrected chi connectivity index (χ3v) is 4.17. The molecule has 1 amide bonds. The Kier molecular flexibility index (Phi) is 4.54. The topological polar surface area (TPSA) is 45.7 Å². The number of benzene rings is 2. The van der Waals surface area contributed by atoms with Crippen LogP contribution in [0.15, 0.2) is 60.7 Å². The third kappa shape index (κ3) is 3.74. The predicted octanol–water partition coefficient (Wildman–Crippen LogP) is 2.33. The Morgan fingerprint density at radius 1 is 1.00 bits per heavy atom. The van der Waals surface area contributed by atoms with E-state index in [1.807, 2.05) is 48.5 Å². The molecule has 0 aromatic heterocycles. The van der Waals surface area contributed by atoms with Crippen LogP contribution in [0.5, 0.6) is 0 Å². The van der Waals surface area contributed by atoms with Gasteiger partial charge in [0.2, 0.25) is 0 Å². The molecule has 3 nitrogen and oxygen atoms in total. The molecule has 22 heavy (non-hydrogen) atoms. The fourth-order valence-electron chi connectivity index (χ4n) is 2.69. The molecule has 2 aromatic carbocycles. The second-order valence-corrected chi connectivity index (χ2v) is 6.06. The number of rotatable bonds is 6. The second kappa shape index (κ2) is 6.75. The Hall–Kier alpha value is -2.13. The minimum Gasteiger partial charge on any atom is -0.348 e. The number of quaternary nitrogens is 1. The van der Waals surface area contributed by atoms with Crippen molar-refractivity contribution in [3.05, 3.63) is 71.8 Å². The maximum Gasteiger partial charge on any atom is 0.283 e. The minimum atomic E-state index is -0.197. The van der Waals surface area contributed by atoms with Crippen molar-refractivity contribution in [2.45, 2.75) is 37.9 Å². The van der Waals surface area contributed by atoms with Crippen LogP contribution in [0.2, 0.25) is 0 Å². The first-order valence-electron chi connectivity index (χ1n) is 7.99. The van der Waals surface area contributed by atoms with Gasteiger partial charge in [0, 0.05) is 17.2 Å². The summed E-state index contributed by atoms with van der Waals surface area (Å²) in [4.78, 5) is 12.6. The maximum atomic E-state index is 12.6. The van der Waals surface area contributed by atoms with Crippen molar-refractivity contribution in [2.75, 3.05) is 0 Å². The van der Waals surface area contributed by atoms with Crippen LogP contribution in [0, 0.1) is 0 Å². The largest absolute Gasteiger partial charge is 0.348 e. The molecule has 1 aliphatic rings. The number of nitrogens with two attached hydrogens (primary N) is 1. The lowest BCUT2D eigenvalue weighted by Gasteiger charge is -2.20. The molecule has 3 rings (SSSR count). The molecule has 0 saturated heterocycles. The highest BCUT2D eigenvalue weighted by molar-refractivity contribution is 5.82. The summed E-state index contributed by atoms with van der Waals surface area (Å²) in [6, 6.07) is 20.8. The Balaban J connectivity index is 1.77. The van der Waals surface area contributed by atoms with Gasteiger partial charge in [0.25, 0.3) is 5.91 Å². The van der Waals surface area contributed by atoms with Gasteiger partial charge in [0.05, 0.1) is 0 Å². The molecular weight excluding hydrogens is 272 g/mol. The normalized spacial score (nSPS) is 16.8. The van der Waals surface area contributed by atoms with E-state index in [1.54, 1.807) is 0 Å². The lowest BCUT2D eigenvalue weighted by atomic mass is 10.0. The van der Waals surface area contributed by atoms with Gasteiger partial charge in [-0.05, 0) is 19.8 Å². The smallest absolute Gasteiger partial charge is 0.283 e. The van der Waals surface area contributed by atoms with Gasteiger partial charge in [-0.2, -0.15) is 0 Å². The van der Waals surface area contributed by atoms with Gasteiger partial charge in [0.1, 0.15) is 6.04 Å². The van der Waals surface area contributed by atoms with Crippen molar-refractivity contribution in [3.63, 3.8) is 0 Å². The van der Waals surface area contributed by atoms with Gasteiger partial charge >= 0.3 is 0 Å². The zero-order chi connectivity index (χ0) is 15.4. The van der Waals surface area contributed by atoms with E-state index in [1.165, 1.54) is 5.56 Å². The van der Waals surface area contributed by atoms with E-state index in [0.717, 1.165) is 18.4 Å². The van der Waals surface area contributed by atoms with Gasteiger partial charge in [-0.3, -0.25) is 4.79 Å². The van der Waals surface area contributed by atoms with Crippen molar-refractivity contribution < 1.29 is 10.1 Å². The molecule has 1 saturated carbocycles. The van der Waals surface area contributed by atoms with Crippen LogP contribution in [0.3, 0.4) is 0 Å². The minimum absolute atomic E-state index is 0.122. The zero-order valence-corrected chi connectivity index (χ0v) is 12.9. The van der Waals surface area contributed by atoms with E-state index in [9.17, 15) is 4.79 Å². The first kappa shape index (κ1) is 14.8. The average Bonchev–Trinajstić information content (AvgIpc) is 3.38. The molecular formula is C19H23N2O+. The maximum absolute atomic E-state index is 12.6. The summed E-state index contributed by atoms with van der Waals surface area (Å²) in [6.07, 6.45) is 2.23. The van der Waals surface area contributed by atoms with Gasteiger partial charge in [-0.15, -0.1) is 0 Å². The van der Waals surface area contributed by atoms with E-state index >= 15 is 0 Å². The van der Waals surface area contributed by atoms with Crippen LogP contribution in [0.4, 0.5) is 0 Å². The second-order valence-electron chi connectivity index (χ2n) is 6.06. The molecule has 114 valence electrons. The van der Waals surface area contributed by atoms with E-state index in [-0.39, 0.29) is 18.0 Å². The molecule has 0 aliphatic heterocycles. The van der Waals surface area contributed by atoms with Gasteiger partial charge in [-0.1, -0.05) is 60.7 Å². The molecule has 0 unspecified atom stereocenters. The average molecular weight is 295 g/mol. The fraction of sp³-hybridized carbons (Fsp3) is 0.316. The number of amides is 1. The summed E-state index contributed by atoms with van der Waals surface area (Å²) < 4.78 is 0.